The van der Waals surface area contributed by atoms with Gasteiger partial charge in [-0.05, 0) is 12.8 Å². The zero-order valence-electron chi connectivity index (χ0n) is 12.6. The van der Waals surface area contributed by atoms with Crippen molar-refractivity contribution >= 4 is 24.8 Å². The number of morpholine rings is 2. The minimum atomic E-state index is 0. The average Bonchev–Trinajstić information content (AvgIpc) is 2.88. The Morgan fingerprint density at radius 3 is 1.43 bits per heavy atom. The molecule has 3 saturated heterocycles. The maximum Gasteiger partial charge on any atom is 0.0707 e. The van der Waals surface area contributed by atoms with E-state index in [2.05, 4.69) is 9.80 Å². The van der Waals surface area contributed by atoms with Crippen LogP contribution in [0.3, 0.4) is 0 Å². The normalized spacial score (nSPS) is 31.4. The Morgan fingerprint density at radius 2 is 1.05 bits per heavy atom. The van der Waals surface area contributed by atoms with Crippen molar-refractivity contribution in [2.24, 2.45) is 0 Å². The monoisotopic (exact) mass is 342 g/mol. The Balaban J connectivity index is 0.00000110. The van der Waals surface area contributed by atoms with Crippen LogP contribution in [0.25, 0.3) is 0 Å². The van der Waals surface area contributed by atoms with Gasteiger partial charge in [-0.1, -0.05) is 0 Å². The molecule has 3 fully saturated rings. The van der Waals surface area contributed by atoms with E-state index < -0.39 is 0 Å². The number of rotatable bonds is 4. The maximum atomic E-state index is 6.20. The molecule has 0 amide bonds. The van der Waals surface area contributed by atoms with E-state index in [-0.39, 0.29) is 24.8 Å². The zero-order chi connectivity index (χ0) is 12.9. The number of nitrogens with zero attached hydrogens (tertiary/aromatic N) is 2. The molecule has 0 N–H and O–H groups in total. The molecule has 0 bridgehead atoms. The van der Waals surface area contributed by atoms with Gasteiger partial charge in [-0.3, -0.25) is 9.80 Å². The van der Waals surface area contributed by atoms with E-state index >= 15 is 0 Å². The first kappa shape index (κ1) is 19.4. The zero-order valence-corrected chi connectivity index (χ0v) is 14.2. The molecule has 3 heterocycles. The van der Waals surface area contributed by atoms with Crippen LogP contribution in [0.1, 0.15) is 12.8 Å². The Hall–Kier alpha value is 0.380. The molecular formula is C14H28Cl2N2O3. The quantitative estimate of drug-likeness (QED) is 0.762. The Bertz CT molecular complexity index is 249. The SMILES string of the molecule is C1CN(CC2CCC(CN3CCOCC3)O2)CCO1.Cl.Cl. The van der Waals surface area contributed by atoms with Gasteiger partial charge in [0.05, 0.1) is 38.6 Å². The second-order valence-electron chi connectivity index (χ2n) is 5.78. The summed E-state index contributed by atoms with van der Waals surface area (Å²) in [7, 11) is 0. The molecule has 0 aromatic carbocycles. The fraction of sp³-hybridized carbons (Fsp3) is 1.00. The van der Waals surface area contributed by atoms with Crippen LogP contribution in [0.2, 0.25) is 0 Å². The van der Waals surface area contributed by atoms with Gasteiger partial charge >= 0.3 is 0 Å². The summed E-state index contributed by atoms with van der Waals surface area (Å²) in [4.78, 5) is 4.95. The highest BCUT2D eigenvalue weighted by Crippen LogP contribution is 2.22. The minimum Gasteiger partial charge on any atom is -0.379 e. The molecule has 5 nitrogen and oxygen atoms in total. The van der Waals surface area contributed by atoms with Crippen LogP contribution in [-0.4, -0.2) is 87.7 Å². The summed E-state index contributed by atoms with van der Waals surface area (Å²) in [5.41, 5.74) is 0. The molecule has 126 valence electrons. The van der Waals surface area contributed by atoms with Gasteiger partial charge in [0, 0.05) is 39.3 Å². The average molecular weight is 343 g/mol. The Morgan fingerprint density at radius 1 is 0.667 bits per heavy atom. The maximum absolute atomic E-state index is 6.20. The van der Waals surface area contributed by atoms with E-state index in [1.54, 1.807) is 0 Å². The first-order valence-corrected chi connectivity index (χ1v) is 7.66. The molecule has 3 aliphatic heterocycles. The molecule has 3 aliphatic rings. The second kappa shape index (κ2) is 10.2. The summed E-state index contributed by atoms with van der Waals surface area (Å²) in [6, 6.07) is 0. The molecule has 0 aromatic heterocycles. The lowest BCUT2D eigenvalue weighted by Crippen LogP contribution is -2.42. The molecule has 7 heteroatoms. The van der Waals surface area contributed by atoms with Gasteiger partial charge in [-0.15, -0.1) is 24.8 Å². The number of ether oxygens (including phenoxy) is 3. The highest BCUT2D eigenvalue weighted by Gasteiger charge is 2.29. The number of hydrogen-bond donors (Lipinski definition) is 0. The lowest BCUT2D eigenvalue weighted by molar-refractivity contribution is -0.0311. The van der Waals surface area contributed by atoms with Crippen molar-refractivity contribution in [2.45, 2.75) is 25.0 Å². The minimum absolute atomic E-state index is 0. The molecule has 0 spiro atoms. The van der Waals surface area contributed by atoms with Crippen LogP contribution in [0, 0.1) is 0 Å². The van der Waals surface area contributed by atoms with Crippen molar-refractivity contribution < 1.29 is 14.2 Å². The van der Waals surface area contributed by atoms with Crippen molar-refractivity contribution in [3.63, 3.8) is 0 Å². The van der Waals surface area contributed by atoms with Gasteiger partial charge < -0.3 is 14.2 Å². The number of halogens is 2. The standard InChI is InChI=1S/C14H26N2O3.2ClH/c1-2-14(12-16-5-9-18-10-6-16)19-13(1)11-15-3-7-17-8-4-15;;/h13-14H,1-12H2;2*1H. The van der Waals surface area contributed by atoms with Crippen LogP contribution in [-0.2, 0) is 14.2 Å². The lowest BCUT2D eigenvalue weighted by Gasteiger charge is -2.30. The molecular weight excluding hydrogens is 315 g/mol. The third-order valence-corrected chi connectivity index (χ3v) is 4.33. The summed E-state index contributed by atoms with van der Waals surface area (Å²) in [6.45, 7) is 9.94. The van der Waals surface area contributed by atoms with E-state index in [0.717, 1.165) is 65.7 Å². The Labute approximate surface area is 140 Å². The van der Waals surface area contributed by atoms with E-state index in [4.69, 9.17) is 14.2 Å². The third-order valence-electron chi connectivity index (χ3n) is 4.33. The molecule has 2 atom stereocenters. The molecule has 0 saturated carbocycles. The first-order valence-electron chi connectivity index (χ1n) is 7.66. The van der Waals surface area contributed by atoms with Crippen LogP contribution in [0.15, 0.2) is 0 Å². The van der Waals surface area contributed by atoms with Gasteiger partial charge in [0.1, 0.15) is 0 Å². The smallest absolute Gasteiger partial charge is 0.0707 e. The van der Waals surface area contributed by atoms with Gasteiger partial charge in [-0.25, -0.2) is 0 Å². The molecule has 21 heavy (non-hydrogen) atoms. The predicted molar refractivity (Wildman–Crippen MR) is 86.9 cm³/mol. The predicted octanol–water partition coefficient (Wildman–Crippen LogP) is 1.04. The molecule has 2 unspecified atom stereocenters. The van der Waals surface area contributed by atoms with Crippen molar-refractivity contribution in [1.29, 1.82) is 0 Å². The topological polar surface area (TPSA) is 34.2 Å². The Kier molecular flexibility index (Phi) is 9.45. The van der Waals surface area contributed by atoms with E-state index in [1.807, 2.05) is 0 Å². The van der Waals surface area contributed by atoms with Gasteiger partial charge in [0.15, 0.2) is 0 Å². The second-order valence-corrected chi connectivity index (χ2v) is 5.78. The van der Waals surface area contributed by atoms with Gasteiger partial charge in [0.2, 0.25) is 0 Å². The summed E-state index contributed by atoms with van der Waals surface area (Å²) in [6.07, 6.45) is 3.30. The van der Waals surface area contributed by atoms with E-state index in [9.17, 15) is 0 Å². The van der Waals surface area contributed by atoms with E-state index in [0.29, 0.717) is 12.2 Å². The van der Waals surface area contributed by atoms with Crippen molar-refractivity contribution in [3.05, 3.63) is 0 Å². The highest BCUT2D eigenvalue weighted by molar-refractivity contribution is 5.85. The van der Waals surface area contributed by atoms with Crippen LogP contribution < -0.4 is 0 Å². The largest absolute Gasteiger partial charge is 0.379 e. The first-order chi connectivity index (χ1) is 9.40. The highest BCUT2D eigenvalue weighted by atomic mass is 35.5. The van der Waals surface area contributed by atoms with E-state index in [1.165, 1.54) is 12.8 Å². The summed E-state index contributed by atoms with van der Waals surface area (Å²) < 4.78 is 17.0. The summed E-state index contributed by atoms with van der Waals surface area (Å²) >= 11 is 0. The van der Waals surface area contributed by atoms with Crippen LogP contribution >= 0.6 is 24.8 Å². The van der Waals surface area contributed by atoms with Crippen molar-refractivity contribution in [2.75, 3.05) is 65.7 Å². The van der Waals surface area contributed by atoms with Gasteiger partial charge in [-0.2, -0.15) is 0 Å². The van der Waals surface area contributed by atoms with Crippen molar-refractivity contribution in [1.82, 2.24) is 9.80 Å². The molecule has 3 rings (SSSR count). The fourth-order valence-electron chi connectivity index (χ4n) is 3.19. The number of hydrogen-bond acceptors (Lipinski definition) is 5. The summed E-state index contributed by atoms with van der Waals surface area (Å²) in [5, 5.41) is 0. The molecule has 0 aromatic rings. The lowest BCUT2D eigenvalue weighted by atomic mass is 10.1. The third kappa shape index (κ3) is 6.18. The van der Waals surface area contributed by atoms with Crippen LogP contribution in [0.4, 0.5) is 0 Å². The summed E-state index contributed by atoms with van der Waals surface area (Å²) in [5.74, 6) is 0. The van der Waals surface area contributed by atoms with Crippen molar-refractivity contribution in [3.8, 4) is 0 Å². The van der Waals surface area contributed by atoms with Gasteiger partial charge in [0.25, 0.3) is 0 Å². The van der Waals surface area contributed by atoms with Crippen LogP contribution in [0.5, 0.6) is 0 Å². The molecule has 0 aliphatic carbocycles. The molecule has 0 radical (unpaired) electrons. The fourth-order valence-corrected chi connectivity index (χ4v) is 3.19.